The number of hydrogen-bond acceptors (Lipinski definition) is 6. The van der Waals surface area contributed by atoms with Gasteiger partial charge in [0, 0.05) is 41.6 Å². The van der Waals surface area contributed by atoms with Crippen LogP contribution < -0.4 is 5.32 Å². The topological polar surface area (TPSA) is 72.7 Å². The van der Waals surface area contributed by atoms with E-state index in [1.165, 1.54) is 0 Å². The molecule has 0 bridgehead atoms. The first kappa shape index (κ1) is 19.4. The molecule has 0 aliphatic heterocycles. The van der Waals surface area contributed by atoms with Gasteiger partial charge in [-0.2, -0.15) is 0 Å². The maximum Gasteiger partial charge on any atom is 0.225 e. The van der Waals surface area contributed by atoms with Crippen molar-refractivity contribution >= 4 is 35.1 Å². The van der Waals surface area contributed by atoms with Crippen molar-refractivity contribution in [1.29, 1.82) is 0 Å². The van der Waals surface area contributed by atoms with Crippen molar-refractivity contribution < 1.29 is 4.79 Å². The second-order valence-corrected chi connectivity index (χ2v) is 7.54. The number of nitrogens with one attached hydrogen (secondary N) is 1. The lowest BCUT2D eigenvalue weighted by Gasteiger charge is -2.09. The fourth-order valence-electron chi connectivity index (χ4n) is 2.59. The SMILES string of the molecule is CCn1c(SCCC(=O)Nc2ccccc2SC)nnc1-c1ccncc1. The average molecular weight is 400 g/mol. The summed E-state index contributed by atoms with van der Waals surface area (Å²) in [7, 11) is 0. The lowest BCUT2D eigenvalue weighted by Crippen LogP contribution is -2.13. The molecular weight excluding hydrogens is 378 g/mol. The van der Waals surface area contributed by atoms with Crippen LogP contribution in [-0.2, 0) is 11.3 Å². The maximum absolute atomic E-state index is 12.3. The molecule has 0 spiro atoms. The third kappa shape index (κ3) is 4.90. The minimum absolute atomic E-state index is 0.000853. The van der Waals surface area contributed by atoms with E-state index in [9.17, 15) is 4.79 Å². The smallest absolute Gasteiger partial charge is 0.225 e. The van der Waals surface area contributed by atoms with Gasteiger partial charge in [0.05, 0.1) is 5.69 Å². The van der Waals surface area contributed by atoms with Crippen molar-refractivity contribution in [3.63, 3.8) is 0 Å². The Morgan fingerprint density at radius 3 is 2.67 bits per heavy atom. The minimum Gasteiger partial charge on any atom is -0.325 e. The Labute approximate surface area is 167 Å². The van der Waals surface area contributed by atoms with Crippen LogP contribution in [-0.4, -0.2) is 37.7 Å². The van der Waals surface area contributed by atoms with Gasteiger partial charge in [-0.15, -0.1) is 22.0 Å². The third-order valence-corrected chi connectivity index (χ3v) is 5.68. The number of nitrogens with zero attached hydrogens (tertiary/aromatic N) is 4. The second kappa shape index (κ2) is 9.57. The third-order valence-electron chi connectivity index (χ3n) is 3.91. The highest BCUT2D eigenvalue weighted by atomic mass is 32.2. The predicted octanol–water partition coefficient (Wildman–Crippen LogP) is 4.20. The zero-order valence-electron chi connectivity index (χ0n) is 15.3. The molecule has 0 saturated heterocycles. The summed E-state index contributed by atoms with van der Waals surface area (Å²) >= 11 is 3.16. The lowest BCUT2D eigenvalue weighted by atomic mass is 10.2. The molecule has 0 saturated carbocycles. The van der Waals surface area contributed by atoms with Crippen molar-refractivity contribution in [1.82, 2.24) is 19.7 Å². The minimum atomic E-state index is 0.000853. The number of aromatic nitrogens is 4. The molecule has 0 atom stereocenters. The van der Waals surface area contributed by atoms with Gasteiger partial charge in [0.2, 0.25) is 5.91 Å². The van der Waals surface area contributed by atoms with Gasteiger partial charge in [0.15, 0.2) is 11.0 Å². The highest BCUT2D eigenvalue weighted by Gasteiger charge is 2.14. The first-order chi connectivity index (χ1) is 13.2. The quantitative estimate of drug-likeness (QED) is 0.572. The summed E-state index contributed by atoms with van der Waals surface area (Å²) in [5, 5.41) is 12.4. The first-order valence-corrected chi connectivity index (χ1v) is 10.8. The van der Waals surface area contributed by atoms with Crippen LogP contribution in [0.3, 0.4) is 0 Å². The van der Waals surface area contributed by atoms with Gasteiger partial charge in [-0.1, -0.05) is 23.9 Å². The fourth-order valence-corrected chi connectivity index (χ4v) is 4.08. The van der Waals surface area contributed by atoms with Gasteiger partial charge in [-0.05, 0) is 37.4 Å². The van der Waals surface area contributed by atoms with Gasteiger partial charge in [-0.25, -0.2) is 0 Å². The van der Waals surface area contributed by atoms with E-state index >= 15 is 0 Å². The van der Waals surface area contributed by atoms with E-state index in [1.54, 1.807) is 35.9 Å². The number of hydrogen-bond donors (Lipinski definition) is 1. The average Bonchev–Trinajstić information content (AvgIpc) is 3.12. The Balaban J connectivity index is 1.59. The predicted molar refractivity (Wildman–Crippen MR) is 111 cm³/mol. The van der Waals surface area contributed by atoms with Crippen LogP contribution in [0, 0.1) is 0 Å². The molecule has 27 heavy (non-hydrogen) atoms. The molecule has 0 unspecified atom stereocenters. The van der Waals surface area contributed by atoms with Crippen LogP contribution in [0.2, 0.25) is 0 Å². The molecule has 0 radical (unpaired) electrons. The van der Waals surface area contributed by atoms with Crippen LogP contribution in [0.4, 0.5) is 5.69 Å². The van der Waals surface area contributed by atoms with Gasteiger partial charge in [0.1, 0.15) is 0 Å². The largest absolute Gasteiger partial charge is 0.325 e. The number of benzene rings is 1. The van der Waals surface area contributed by atoms with Crippen LogP contribution in [0.1, 0.15) is 13.3 Å². The molecule has 2 aromatic heterocycles. The highest BCUT2D eigenvalue weighted by Crippen LogP contribution is 2.26. The van der Waals surface area contributed by atoms with E-state index in [4.69, 9.17) is 0 Å². The Morgan fingerprint density at radius 1 is 1.15 bits per heavy atom. The summed E-state index contributed by atoms with van der Waals surface area (Å²) in [5.74, 6) is 1.46. The number of anilines is 1. The number of thioether (sulfide) groups is 2. The molecule has 1 aromatic carbocycles. The Kier molecular flexibility index (Phi) is 6.89. The van der Waals surface area contributed by atoms with E-state index in [0.29, 0.717) is 12.2 Å². The number of carbonyl (C=O) groups is 1. The zero-order valence-corrected chi connectivity index (χ0v) is 16.9. The van der Waals surface area contributed by atoms with Crippen molar-refractivity contribution in [2.75, 3.05) is 17.3 Å². The summed E-state index contributed by atoms with van der Waals surface area (Å²) in [6.07, 6.45) is 5.90. The summed E-state index contributed by atoms with van der Waals surface area (Å²) in [6.45, 7) is 2.82. The van der Waals surface area contributed by atoms with Crippen molar-refractivity contribution in [3.8, 4) is 11.4 Å². The Morgan fingerprint density at radius 2 is 1.93 bits per heavy atom. The summed E-state index contributed by atoms with van der Waals surface area (Å²) in [5.41, 5.74) is 1.84. The van der Waals surface area contributed by atoms with E-state index in [1.807, 2.05) is 42.7 Å². The number of carbonyl (C=O) groups excluding carboxylic acids is 1. The standard InChI is InChI=1S/C19H21N5OS2/c1-3-24-18(14-8-11-20-12-9-14)22-23-19(24)27-13-10-17(25)21-15-6-4-5-7-16(15)26-2/h4-9,11-12H,3,10,13H2,1-2H3,(H,21,25). The summed E-state index contributed by atoms with van der Waals surface area (Å²) < 4.78 is 2.06. The number of para-hydroxylation sites is 1. The van der Waals surface area contributed by atoms with E-state index in [0.717, 1.165) is 33.7 Å². The molecule has 3 aromatic rings. The summed E-state index contributed by atoms with van der Waals surface area (Å²) in [4.78, 5) is 17.4. The second-order valence-electron chi connectivity index (χ2n) is 5.63. The highest BCUT2D eigenvalue weighted by molar-refractivity contribution is 7.99. The summed E-state index contributed by atoms with van der Waals surface area (Å²) in [6, 6.07) is 11.7. The lowest BCUT2D eigenvalue weighted by molar-refractivity contribution is -0.115. The molecule has 0 aliphatic carbocycles. The molecule has 2 heterocycles. The van der Waals surface area contributed by atoms with Crippen molar-refractivity contribution in [3.05, 3.63) is 48.8 Å². The molecule has 1 amide bonds. The maximum atomic E-state index is 12.3. The first-order valence-electron chi connectivity index (χ1n) is 8.62. The molecule has 140 valence electrons. The Hall–Kier alpha value is -2.32. The van der Waals surface area contributed by atoms with Crippen LogP contribution in [0.15, 0.2) is 58.8 Å². The van der Waals surface area contributed by atoms with Gasteiger partial charge in [-0.3, -0.25) is 9.78 Å². The molecular formula is C19H21N5OS2. The monoisotopic (exact) mass is 399 g/mol. The fraction of sp³-hybridized carbons (Fsp3) is 0.263. The van der Waals surface area contributed by atoms with E-state index in [-0.39, 0.29) is 5.91 Å². The van der Waals surface area contributed by atoms with Crippen LogP contribution >= 0.6 is 23.5 Å². The van der Waals surface area contributed by atoms with Crippen LogP contribution in [0.25, 0.3) is 11.4 Å². The number of pyridine rings is 1. The van der Waals surface area contributed by atoms with E-state index < -0.39 is 0 Å². The molecule has 0 fully saturated rings. The zero-order chi connectivity index (χ0) is 19.1. The normalized spacial score (nSPS) is 10.7. The van der Waals surface area contributed by atoms with Crippen molar-refractivity contribution in [2.24, 2.45) is 0 Å². The molecule has 0 aliphatic rings. The molecule has 8 heteroatoms. The number of rotatable bonds is 8. The van der Waals surface area contributed by atoms with Crippen molar-refractivity contribution in [2.45, 2.75) is 29.9 Å². The van der Waals surface area contributed by atoms with E-state index in [2.05, 4.69) is 32.0 Å². The van der Waals surface area contributed by atoms with Gasteiger partial charge in [0.25, 0.3) is 0 Å². The number of amides is 1. The Bertz CT molecular complexity index is 898. The van der Waals surface area contributed by atoms with Gasteiger partial charge < -0.3 is 9.88 Å². The molecule has 6 nitrogen and oxygen atoms in total. The molecule has 1 N–H and O–H groups in total. The molecule has 3 rings (SSSR count). The van der Waals surface area contributed by atoms with Crippen LogP contribution in [0.5, 0.6) is 0 Å². The van der Waals surface area contributed by atoms with Gasteiger partial charge >= 0.3 is 0 Å².